The Labute approximate surface area is 125 Å². The molecule has 2 rings (SSSR count). The molecule has 1 heterocycles. The number of amidine groups is 1. The summed E-state index contributed by atoms with van der Waals surface area (Å²) in [6.07, 6.45) is 1.62. The van der Waals surface area contributed by atoms with Crippen LogP contribution in [0.1, 0.15) is 11.1 Å². The van der Waals surface area contributed by atoms with Gasteiger partial charge in [0.25, 0.3) is 0 Å². The summed E-state index contributed by atoms with van der Waals surface area (Å²) in [4.78, 5) is 4.20. The zero-order valence-corrected chi connectivity index (χ0v) is 12.2. The first kappa shape index (κ1) is 14.2. The summed E-state index contributed by atoms with van der Waals surface area (Å²) >= 11 is 13.5. The molecule has 3 nitrogen and oxygen atoms in total. The maximum atomic E-state index is 7.35. The fraction of sp³-hybridized carbons (Fsp3) is 0.0769. The summed E-state index contributed by atoms with van der Waals surface area (Å²) in [5.74, 6) is 0.714. The number of thioether (sulfide) groups is 1. The molecule has 0 fully saturated rings. The van der Waals surface area contributed by atoms with Crippen molar-refractivity contribution in [1.29, 1.82) is 5.41 Å². The van der Waals surface area contributed by atoms with Gasteiger partial charge in [0.1, 0.15) is 5.84 Å². The van der Waals surface area contributed by atoms with Crippen molar-refractivity contribution < 1.29 is 0 Å². The fourth-order valence-electron chi connectivity index (χ4n) is 1.43. The van der Waals surface area contributed by atoms with Crippen LogP contribution in [0.5, 0.6) is 0 Å². The summed E-state index contributed by atoms with van der Waals surface area (Å²) in [6.45, 7) is 0. The number of hydrogen-bond donors (Lipinski definition) is 2. The van der Waals surface area contributed by atoms with E-state index in [9.17, 15) is 0 Å². The number of benzene rings is 1. The van der Waals surface area contributed by atoms with Gasteiger partial charge in [-0.3, -0.25) is 5.41 Å². The lowest BCUT2D eigenvalue weighted by Crippen LogP contribution is -2.10. The van der Waals surface area contributed by atoms with Crippen LogP contribution in [0.2, 0.25) is 10.0 Å². The Morgan fingerprint density at radius 3 is 2.63 bits per heavy atom. The minimum absolute atomic E-state index is 0.0143. The second kappa shape index (κ2) is 6.28. The van der Waals surface area contributed by atoms with E-state index in [1.807, 2.05) is 12.1 Å². The Balaban J connectivity index is 2.07. The van der Waals surface area contributed by atoms with Gasteiger partial charge in [-0.05, 0) is 23.8 Å². The van der Waals surface area contributed by atoms with Crippen LogP contribution in [-0.4, -0.2) is 10.8 Å². The van der Waals surface area contributed by atoms with Gasteiger partial charge in [0.2, 0.25) is 0 Å². The average molecular weight is 312 g/mol. The molecule has 0 spiro atoms. The molecule has 1 aromatic heterocycles. The number of nitrogens with one attached hydrogen (secondary N) is 1. The Morgan fingerprint density at radius 2 is 2.05 bits per heavy atom. The highest BCUT2D eigenvalue weighted by molar-refractivity contribution is 7.98. The molecule has 0 atom stereocenters. The second-order valence-electron chi connectivity index (χ2n) is 3.82. The summed E-state index contributed by atoms with van der Waals surface area (Å²) in [7, 11) is 0. The van der Waals surface area contributed by atoms with Crippen molar-refractivity contribution in [3.8, 4) is 0 Å². The first-order chi connectivity index (χ1) is 9.06. The smallest absolute Gasteiger partial charge is 0.122 e. The summed E-state index contributed by atoms with van der Waals surface area (Å²) in [5, 5.41) is 9.46. The molecule has 19 heavy (non-hydrogen) atoms. The summed E-state index contributed by atoms with van der Waals surface area (Å²) < 4.78 is 0. The molecule has 0 amide bonds. The molecule has 0 saturated carbocycles. The number of rotatable bonds is 4. The van der Waals surface area contributed by atoms with Crippen LogP contribution in [0.3, 0.4) is 0 Å². The molecular formula is C13H11Cl2N3S. The Kier molecular flexibility index (Phi) is 4.69. The highest BCUT2D eigenvalue weighted by atomic mass is 35.5. The Morgan fingerprint density at radius 1 is 1.26 bits per heavy atom. The van der Waals surface area contributed by atoms with Gasteiger partial charge in [0, 0.05) is 22.5 Å². The molecule has 0 radical (unpaired) electrons. The monoisotopic (exact) mass is 311 g/mol. The maximum absolute atomic E-state index is 7.35. The third-order valence-electron chi connectivity index (χ3n) is 2.44. The lowest BCUT2D eigenvalue weighted by atomic mass is 10.1. The third kappa shape index (κ3) is 3.86. The molecule has 0 unspecified atom stereocenters. The molecule has 0 saturated heterocycles. The van der Waals surface area contributed by atoms with E-state index >= 15 is 0 Å². The molecule has 3 N–H and O–H groups in total. The van der Waals surface area contributed by atoms with Crippen molar-refractivity contribution >= 4 is 40.8 Å². The van der Waals surface area contributed by atoms with Crippen molar-refractivity contribution in [3.05, 3.63) is 57.7 Å². The molecule has 1 aromatic carbocycles. The van der Waals surface area contributed by atoms with E-state index in [2.05, 4.69) is 4.98 Å². The molecule has 98 valence electrons. The lowest BCUT2D eigenvalue weighted by molar-refractivity contribution is 1.13. The van der Waals surface area contributed by atoms with E-state index in [0.717, 1.165) is 10.6 Å². The lowest BCUT2D eigenvalue weighted by Gasteiger charge is -2.06. The minimum atomic E-state index is 0.0143. The van der Waals surface area contributed by atoms with E-state index in [0.29, 0.717) is 21.4 Å². The van der Waals surface area contributed by atoms with Crippen LogP contribution in [0.4, 0.5) is 0 Å². The summed E-state index contributed by atoms with van der Waals surface area (Å²) in [6, 6.07) is 9.04. The van der Waals surface area contributed by atoms with Gasteiger partial charge >= 0.3 is 0 Å². The standard InChI is InChI=1S/C13H11Cl2N3S/c14-10-3-4-12(18-6-10)19-7-9-2-1-8(13(16)17)5-11(9)15/h1-6H,7H2,(H3,16,17). The maximum Gasteiger partial charge on any atom is 0.122 e. The number of aromatic nitrogens is 1. The minimum Gasteiger partial charge on any atom is -0.384 e. The van der Waals surface area contributed by atoms with Crippen molar-refractivity contribution in [2.24, 2.45) is 5.73 Å². The second-order valence-corrected chi connectivity index (χ2v) is 5.66. The first-order valence-electron chi connectivity index (χ1n) is 5.43. The highest BCUT2D eigenvalue weighted by Gasteiger charge is 2.05. The Bertz CT molecular complexity index is 599. The van der Waals surface area contributed by atoms with Gasteiger partial charge in [-0.25, -0.2) is 4.98 Å². The number of pyridine rings is 1. The van der Waals surface area contributed by atoms with Crippen molar-refractivity contribution in [1.82, 2.24) is 4.98 Å². The molecule has 0 aliphatic rings. The number of nitrogens with two attached hydrogens (primary N) is 1. The molecule has 2 aromatic rings. The van der Waals surface area contributed by atoms with Crippen molar-refractivity contribution in [3.63, 3.8) is 0 Å². The molecular weight excluding hydrogens is 301 g/mol. The normalized spacial score (nSPS) is 10.4. The summed E-state index contributed by atoms with van der Waals surface area (Å²) in [5.41, 5.74) is 7.02. The van der Waals surface area contributed by atoms with E-state index in [1.54, 1.807) is 36.2 Å². The van der Waals surface area contributed by atoms with Gasteiger partial charge in [-0.15, -0.1) is 11.8 Å². The van der Waals surface area contributed by atoms with E-state index in [-0.39, 0.29) is 5.84 Å². The fourth-order valence-corrected chi connectivity index (χ4v) is 2.72. The molecule has 6 heteroatoms. The van der Waals surface area contributed by atoms with E-state index in [4.69, 9.17) is 34.3 Å². The topological polar surface area (TPSA) is 62.8 Å². The van der Waals surface area contributed by atoms with Crippen LogP contribution in [0.15, 0.2) is 41.6 Å². The van der Waals surface area contributed by atoms with Gasteiger partial charge in [-0.2, -0.15) is 0 Å². The largest absolute Gasteiger partial charge is 0.384 e. The van der Waals surface area contributed by atoms with Crippen LogP contribution < -0.4 is 5.73 Å². The number of nitrogen functional groups attached to an aromatic ring is 1. The van der Waals surface area contributed by atoms with Gasteiger partial charge in [0.15, 0.2) is 0 Å². The van der Waals surface area contributed by atoms with Crippen LogP contribution in [-0.2, 0) is 5.75 Å². The number of hydrogen-bond acceptors (Lipinski definition) is 3. The highest BCUT2D eigenvalue weighted by Crippen LogP contribution is 2.26. The van der Waals surface area contributed by atoms with E-state index in [1.165, 1.54) is 0 Å². The quantitative estimate of drug-likeness (QED) is 0.510. The van der Waals surface area contributed by atoms with Crippen LogP contribution in [0.25, 0.3) is 0 Å². The molecule has 0 aliphatic carbocycles. The molecule has 0 aliphatic heterocycles. The average Bonchev–Trinajstić information content (AvgIpc) is 2.39. The number of halogens is 2. The zero-order chi connectivity index (χ0) is 13.8. The van der Waals surface area contributed by atoms with Gasteiger partial charge < -0.3 is 5.73 Å². The van der Waals surface area contributed by atoms with Crippen molar-refractivity contribution in [2.45, 2.75) is 10.8 Å². The van der Waals surface area contributed by atoms with Crippen molar-refractivity contribution in [2.75, 3.05) is 0 Å². The Hall–Kier alpha value is -1.23. The van der Waals surface area contributed by atoms with Crippen LogP contribution >= 0.6 is 35.0 Å². The van der Waals surface area contributed by atoms with Gasteiger partial charge in [-0.1, -0.05) is 35.3 Å². The zero-order valence-electron chi connectivity index (χ0n) is 9.86. The van der Waals surface area contributed by atoms with Gasteiger partial charge in [0.05, 0.1) is 10.0 Å². The predicted octanol–water partition coefficient (Wildman–Crippen LogP) is 3.96. The van der Waals surface area contributed by atoms with E-state index < -0.39 is 0 Å². The number of nitrogens with zero attached hydrogens (tertiary/aromatic N) is 1. The first-order valence-corrected chi connectivity index (χ1v) is 7.17. The predicted molar refractivity (Wildman–Crippen MR) is 81.3 cm³/mol. The SMILES string of the molecule is N=C(N)c1ccc(CSc2ccc(Cl)cn2)c(Cl)c1. The van der Waals surface area contributed by atoms with Crippen LogP contribution in [0, 0.1) is 5.41 Å². The third-order valence-corrected chi connectivity index (χ3v) is 4.01. The molecule has 0 bridgehead atoms.